The van der Waals surface area contributed by atoms with Crippen molar-refractivity contribution < 1.29 is 13.9 Å². The Kier molecular flexibility index (Phi) is 6.22. The molecule has 0 fully saturated rings. The van der Waals surface area contributed by atoms with Gasteiger partial charge in [-0.3, -0.25) is 0 Å². The quantitative estimate of drug-likeness (QED) is 0.756. The first-order valence-corrected chi connectivity index (χ1v) is 7.45. The van der Waals surface area contributed by atoms with Gasteiger partial charge in [-0.15, -0.1) is 0 Å². The lowest BCUT2D eigenvalue weighted by Gasteiger charge is -2.15. The molecule has 118 valence electrons. The average molecular weight is 303 g/mol. The van der Waals surface area contributed by atoms with Gasteiger partial charge in [0.25, 0.3) is 0 Å². The van der Waals surface area contributed by atoms with Crippen molar-refractivity contribution >= 4 is 0 Å². The van der Waals surface area contributed by atoms with Gasteiger partial charge in [-0.05, 0) is 55.1 Å². The molecule has 2 aromatic rings. The van der Waals surface area contributed by atoms with E-state index in [0.717, 1.165) is 29.9 Å². The van der Waals surface area contributed by atoms with Crippen molar-refractivity contribution in [1.82, 2.24) is 0 Å². The Morgan fingerprint density at radius 1 is 1.09 bits per heavy atom. The van der Waals surface area contributed by atoms with Crippen LogP contribution < -0.4 is 15.2 Å². The Bertz CT molecular complexity index is 589. The van der Waals surface area contributed by atoms with Gasteiger partial charge < -0.3 is 15.2 Å². The van der Waals surface area contributed by atoms with Crippen LogP contribution in [0.1, 0.15) is 24.3 Å². The van der Waals surface area contributed by atoms with Crippen LogP contribution in [0.4, 0.5) is 4.39 Å². The first-order valence-electron chi connectivity index (χ1n) is 7.45. The molecule has 22 heavy (non-hydrogen) atoms. The van der Waals surface area contributed by atoms with E-state index in [0.29, 0.717) is 13.2 Å². The Hall–Kier alpha value is -2.07. The van der Waals surface area contributed by atoms with E-state index in [1.807, 2.05) is 30.3 Å². The van der Waals surface area contributed by atoms with Crippen LogP contribution in [-0.4, -0.2) is 20.3 Å². The molecule has 1 unspecified atom stereocenters. The third-order valence-corrected chi connectivity index (χ3v) is 3.61. The van der Waals surface area contributed by atoms with Gasteiger partial charge in [0, 0.05) is 6.07 Å². The zero-order valence-corrected chi connectivity index (χ0v) is 12.8. The molecule has 2 rings (SSSR count). The van der Waals surface area contributed by atoms with E-state index in [9.17, 15) is 4.39 Å². The van der Waals surface area contributed by atoms with E-state index in [-0.39, 0.29) is 11.7 Å². The average Bonchev–Trinajstić information content (AvgIpc) is 2.55. The lowest BCUT2D eigenvalue weighted by atomic mass is 9.94. The first kappa shape index (κ1) is 16.3. The molecule has 0 bridgehead atoms. The Balaban J connectivity index is 1.81. The SMILES string of the molecule is COc1cccc(OCCCC(CN)c2cccc(F)c2)c1. The Labute approximate surface area is 130 Å². The van der Waals surface area contributed by atoms with Gasteiger partial charge in [0.1, 0.15) is 17.3 Å². The smallest absolute Gasteiger partial charge is 0.123 e. The van der Waals surface area contributed by atoms with Crippen LogP contribution in [0.15, 0.2) is 48.5 Å². The summed E-state index contributed by atoms with van der Waals surface area (Å²) in [5.41, 5.74) is 6.75. The lowest BCUT2D eigenvalue weighted by Crippen LogP contribution is -2.14. The molecular weight excluding hydrogens is 281 g/mol. The molecule has 4 heteroatoms. The number of benzene rings is 2. The van der Waals surface area contributed by atoms with E-state index < -0.39 is 0 Å². The number of methoxy groups -OCH3 is 1. The van der Waals surface area contributed by atoms with Crippen LogP contribution >= 0.6 is 0 Å². The van der Waals surface area contributed by atoms with E-state index in [4.69, 9.17) is 15.2 Å². The minimum absolute atomic E-state index is 0.157. The second-order valence-corrected chi connectivity index (χ2v) is 5.16. The molecule has 0 aliphatic rings. The molecule has 0 radical (unpaired) electrons. The minimum atomic E-state index is -0.219. The first-order chi connectivity index (χ1) is 10.7. The second-order valence-electron chi connectivity index (χ2n) is 5.16. The number of ether oxygens (including phenoxy) is 2. The van der Waals surface area contributed by atoms with Gasteiger partial charge >= 0.3 is 0 Å². The standard InChI is InChI=1S/C18H22FNO2/c1-21-17-8-3-9-18(12-17)22-10-4-6-15(13-20)14-5-2-7-16(19)11-14/h2-3,5,7-9,11-12,15H,4,6,10,13,20H2,1H3. The van der Waals surface area contributed by atoms with Crippen molar-refractivity contribution in [2.45, 2.75) is 18.8 Å². The summed E-state index contributed by atoms with van der Waals surface area (Å²) in [5.74, 6) is 1.50. The molecule has 0 aromatic heterocycles. The number of halogens is 1. The van der Waals surface area contributed by atoms with Gasteiger partial charge in [0.05, 0.1) is 13.7 Å². The predicted molar refractivity (Wildman–Crippen MR) is 85.9 cm³/mol. The van der Waals surface area contributed by atoms with Crippen LogP contribution in [-0.2, 0) is 0 Å². The molecule has 1 atom stereocenters. The summed E-state index contributed by atoms with van der Waals surface area (Å²) in [6.07, 6.45) is 1.72. The highest BCUT2D eigenvalue weighted by molar-refractivity contribution is 5.32. The van der Waals surface area contributed by atoms with Crippen molar-refractivity contribution in [1.29, 1.82) is 0 Å². The molecule has 0 spiro atoms. The fraction of sp³-hybridized carbons (Fsp3) is 0.333. The molecule has 0 aliphatic carbocycles. The maximum Gasteiger partial charge on any atom is 0.123 e. The summed E-state index contributed by atoms with van der Waals surface area (Å²) in [5, 5.41) is 0. The van der Waals surface area contributed by atoms with Crippen molar-refractivity contribution in [3.8, 4) is 11.5 Å². The molecule has 0 amide bonds. The normalized spacial score (nSPS) is 12.0. The zero-order valence-electron chi connectivity index (χ0n) is 12.8. The summed E-state index contributed by atoms with van der Waals surface area (Å²) in [6.45, 7) is 1.10. The van der Waals surface area contributed by atoms with Crippen molar-refractivity contribution in [2.24, 2.45) is 5.73 Å². The van der Waals surface area contributed by atoms with E-state index in [1.165, 1.54) is 6.07 Å². The van der Waals surface area contributed by atoms with Gasteiger partial charge in [-0.25, -0.2) is 4.39 Å². The Morgan fingerprint density at radius 3 is 2.59 bits per heavy atom. The summed E-state index contributed by atoms with van der Waals surface area (Å²) in [4.78, 5) is 0. The van der Waals surface area contributed by atoms with Crippen molar-refractivity contribution in [3.63, 3.8) is 0 Å². The molecule has 0 saturated carbocycles. The number of hydrogen-bond acceptors (Lipinski definition) is 3. The lowest BCUT2D eigenvalue weighted by molar-refractivity contribution is 0.299. The summed E-state index contributed by atoms with van der Waals surface area (Å²) >= 11 is 0. The molecule has 2 N–H and O–H groups in total. The zero-order chi connectivity index (χ0) is 15.8. The fourth-order valence-corrected chi connectivity index (χ4v) is 2.39. The van der Waals surface area contributed by atoms with Gasteiger partial charge in [-0.1, -0.05) is 18.2 Å². The van der Waals surface area contributed by atoms with Gasteiger partial charge in [0.15, 0.2) is 0 Å². The fourth-order valence-electron chi connectivity index (χ4n) is 2.39. The molecule has 0 heterocycles. The molecule has 0 aliphatic heterocycles. The number of nitrogens with two attached hydrogens (primary N) is 1. The second kappa shape index (κ2) is 8.39. The third kappa shape index (κ3) is 4.74. The highest BCUT2D eigenvalue weighted by atomic mass is 19.1. The summed E-state index contributed by atoms with van der Waals surface area (Å²) in [7, 11) is 1.63. The van der Waals surface area contributed by atoms with Crippen LogP contribution in [0, 0.1) is 5.82 Å². The molecule has 2 aromatic carbocycles. The van der Waals surface area contributed by atoms with Crippen LogP contribution in [0.25, 0.3) is 0 Å². The largest absolute Gasteiger partial charge is 0.497 e. The number of rotatable bonds is 8. The third-order valence-electron chi connectivity index (χ3n) is 3.61. The maximum atomic E-state index is 13.3. The Morgan fingerprint density at radius 2 is 1.86 bits per heavy atom. The van der Waals surface area contributed by atoms with Crippen LogP contribution in [0.5, 0.6) is 11.5 Å². The topological polar surface area (TPSA) is 44.5 Å². The maximum absolute atomic E-state index is 13.3. The van der Waals surface area contributed by atoms with Crippen molar-refractivity contribution in [2.75, 3.05) is 20.3 Å². The van der Waals surface area contributed by atoms with Gasteiger partial charge in [0.2, 0.25) is 0 Å². The molecular formula is C18H22FNO2. The van der Waals surface area contributed by atoms with Crippen molar-refractivity contribution in [3.05, 3.63) is 59.9 Å². The van der Waals surface area contributed by atoms with Crippen LogP contribution in [0.3, 0.4) is 0 Å². The molecule has 3 nitrogen and oxygen atoms in total. The van der Waals surface area contributed by atoms with E-state index >= 15 is 0 Å². The number of hydrogen-bond donors (Lipinski definition) is 1. The summed E-state index contributed by atoms with van der Waals surface area (Å²) in [6, 6.07) is 14.2. The highest BCUT2D eigenvalue weighted by Crippen LogP contribution is 2.22. The monoisotopic (exact) mass is 303 g/mol. The molecule has 0 saturated heterocycles. The van der Waals surface area contributed by atoms with Gasteiger partial charge in [-0.2, -0.15) is 0 Å². The summed E-state index contributed by atoms with van der Waals surface area (Å²) < 4.78 is 24.1. The van der Waals surface area contributed by atoms with Crippen LogP contribution in [0.2, 0.25) is 0 Å². The highest BCUT2D eigenvalue weighted by Gasteiger charge is 2.10. The minimum Gasteiger partial charge on any atom is -0.497 e. The predicted octanol–water partition coefficient (Wildman–Crippen LogP) is 3.74. The van der Waals surface area contributed by atoms with E-state index in [2.05, 4.69) is 0 Å². The van der Waals surface area contributed by atoms with E-state index in [1.54, 1.807) is 19.2 Å².